The fourth-order valence-corrected chi connectivity index (χ4v) is 1.98. The lowest BCUT2D eigenvalue weighted by Crippen LogP contribution is -2.10. The lowest BCUT2D eigenvalue weighted by atomic mass is 10.1. The van der Waals surface area contributed by atoms with Gasteiger partial charge in [0.2, 0.25) is 0 Å². The maximum atomic E-state index is 11.9. The molecule has 0 spiro atoms. The highest BCUT2D eigenvalue weighted by Crippen LogP contribution is 2.38. The van der Waals surface area contributed by atoms with Crippen LogP contribution in [0.25, 0.3) is 0 Å². The Hall–Kier alpha value is -1.26. The summed E-state index contributed by atoms with van der Waals surface area (Å²) >= 11 is 6.05. The van der Waals surface area contributed by atoms with E-state index in [1.54, 1.807) is 12.1 Å². The molecule has 5 heteroatoms. The second kappa shape index (κ2) is 5.38. The molecule has 0 fully saturated rings. The van der Waals surface area contributed by atoms with Gasteiger partial charge in [0.25, 0.3) is 0 Å². The van der Waals surface area contributed by atoms with Crippen LogP contribution in [-0.4, -0.2) is 25.5 Å². The SMILES string of the molecule is NCCC(=O)c1c(Cl)ccc2c1OCCCO2. The molecule has 1 aromatic carbocycles. The van der Waals surface area contributed by atoms with Crippen molar-refractivity contribution in [3.05, 3.63) is 22.7 Å². The largest absolute Gasteiger partial charge is 0.490 e. The summed E-state index contributed by atoms with van der Waals surface area (Å²) in [4.78, 5) is 11.9. The van der Waals surface area contributed by atoms with Gasteiger partial charge >= 0.3 is 0 Å². The molecule has 0 unspecified atom stereocenters. The first-order valence-corrected chi connectivity index (χ1v) is 5.93. The zero-order valence-electron chi connectivity index (χ0n) is 9.37. The highest BCUT2D eigenvalue weighted by atomic mass is 35.5. The van der Waals surface area contributed by atoms with Gasteiger partial charge < -0.3 is 15.2 Å². The van der Waals surface area contributed by atoms with Crippen molar-refractivity contribution in [2.75, 3.05) is 19.8 Å². The Morgan fingerprint density at radius 1 is 1.35 bits per heavy atom. The number of carbonyl (C=O) groups excluding carboxylic acids is 1. The summed E-state index contributed by atoms with van der Waals surface area (Å²) in [5.41, 5.74) is 5.77. The predicted molar refractivity (Wildman–Crippen MR) is 65.1 cm³/mol. The van der Waals surface area contributed by atoms with Crippen molar-refractivity contribution >= 4 is 17.4 Å². The Bertz CT molecular complexity index is 434. The molecule has 1 aromatic rings. The summed E-state index contributed by atoms with van der Waals surface area (Å²) in [6.07, 6.45) is 1.04. The van der Waals surface area contributed by atoms with Gasteiger partial charge in [-0.3, -0.25) is 4.79 Å². The van der Waals surface area contributed by atoms with Crippen molar-refractivity contribution in [3.8, 4) is 11.5 Å². The van der Waals surface area contributed by atoms with Crippen molar-refractivity contribution < 1.29 is 14.3 Å². The molecule has 4 nitrogen and oxygen atoms in total. The molecule has 0 aromatic heterocycles. The Labute approximate surface area is 105 Å². The van der Waals surface area contributed by atoms with Crippen LogP contribution < -0.4 is 15.2 Å². The van der Waals surface area contributed by atoms with Gasteiger partial charge in [0, 0.05) is 12.8 Å². The van der Waals surface area contributed by atoms with Crippen molar-refractivity contribution in [1.29, 1.82) is 0 Å². The number of benzene rings is 1. The minimum Gasteiger partial charge on any atom is -0.490 e. The van der Waals surface area contributed by atoms with Gasteiger partial charge in [0.05, 0.1) is 23.8 Å². The third kappa shape index (κ3) is 2.53. The van der Waals surface area contributed by atoms with Crippen molar-refractivity contribution in [2.24, 2.45) is 5.73 Å². The number of ether oxygens (including phenoxy) is 2. The van der Waals surface area contributed by atoms with E-state index < -0.39 is 0 Å². The quantitative estimate of drug-likeness (QED) is 0.840. The van der Waals surface area contributed by atoms with Gasteiger partial charge in [0.1, 0.15) is 0 Å². The molecule has 0 radical (unpaired) electrons. The van der Waals surface area contributed by atoms with Crippen molar-refractivity contribution in [1.82, 2.24) is 0 Å². The minimum atomic E-state index is -0.111. The number of hydrogen-bond donors (Lipinski definition) is 1. The van der Waals surface area contributed by atoms with E-state index in [2.05, 4.69) is 0 Å². The van der Waals surface area contributed by atoms with Crippen molar-refractivity contribution in [3.63, 3.8) is 0 Å². The molecular weight excluding hydrogens is 242 g/mol. The predicted octanol–water partition coefficient (Wildman–Crippen LogP) is 2.03. The highest BCUT2D eigenvalue weighted by Gasteiger charge is 2.22. The van der Waals surface area contributed by atoms with E-state index >= 15 is 0 Å². The van der Waals surface area contributed by atoms with Crippen LogP contribution in [0.4, 0.5) is 0 Å². The van der Waals surface area contributed by atoms with E-state index in [4.69, 9.17) is 26.8 Å². The zero-order valence-corrected chi connectivity index (χ0v) is 10.1. The van der Waals surface area contributed by atoms with E-state index in [1.165, 1.54) is 0 Å². The Kier molecular flexibility index (Phi) is 3.86. The van der Waals surface area contributed by atoms with Gasteiger partial charge in [-0.15, -0.1) is 0 Å². The van der Waals surface area contributed by atoms with Gasteiger partial charge in [0.15, 0.2) is 17.3 Å². The Morgan fingerprint density at radius 2 is 2.12 bits per heavy atom. The topological polar surface area (TPSA) is 61.6 Å². The van der Waals surface area contributed by atoms with Crippen LogP contribution in [0.15, 0.2) is 12.1 Å². The number of rotatable bonds is 3. The summed E-state index contributed by atoms with van der Waals surface area (Å²) < 4.78 is 11.1. The number of halogens is 1. The number of nitrogens with two attached hydrogens (primary N) is 1. The first-order valence-electron chi connectivity index (χ1n) is 5.55. The Balaban J connectivity index is 2.45. The van der Waals surface area contributed by atoms with E-state index in [0.717, 1.165) is 6.42 Å². The van der Waals surface area contributed by atoms with Gasteiger partial charge in [-0.2, -0.15) is 0 Å². The Morgan fingerprint density at radius 3 is 2.88 bits per heavy atom. The van der Waals surface area contributed by atoms with Crippen molar-refractivity contribution in [2.45, 2.75) is 12.8 Å². The van der Waals surface area contributed by atoms with E-state index in [-0.39, 0.29) is 12.2 Å². The average molecular weight is 256 g/mol. The van der Waals surface area contributed by atoms with Crippen LogP contribution in [0.1, 0.15) is 23.2 Å². The summed E-state index contributed by atoms with van der Waals surface area (Å²) in [6.45, 7) is 1.40. The number of Topliss-reactive ketones (excluding diaryl/α,β-unsaturated/α-hetero) is 1. The van der Waals surface area contributed by atoms with Crippen LogP contribution in [0, 0.1) is 0 Å². The summed E-state index contributed by atoms with van der Waals surface area (Å²) in [5, 5.41) is 0.382. The van der Waals surface area contributed by atoms with Crippen LogP contribution >= 0.6 is 11.6 Å². The number of hydrogen-bond acceptors (Lipinski definition) is 4. The van der Waals surface area contributed by atoms with Crippen LogP contribution in [0.5, 0.6) is 11.5 Å². The number of fused-ring (bicyclic) bond motifs is 1. The molecule has 0 atom stereocenters. The molecule has 2 rings (SSSR count). The normalized spacial score (nSPS) is 14.2. The fraction of sp³-hybridized carbons (Fsp3) is 0.417. The monoisotopic (exact) mass is 255 g/mol. The maximum Gasteiger partial charge on any atom is 0.173 e. The van der Waals surface area contributed by atoms with Crippen LogP contribution in [-0.2, 0) is 0 Å². The van der Waals surface area contributed by atoms with E-state index in [0.29, 0.717) is 41.8 Å². The highest BCUT2D eigenvalue weighted by molar-refractivity contribution is 6.34. The third-order valence-corrected chi connectivity index (χ3v) is 2.83. The second-order valence-corrected chi connectivity index (χ2v) is 4.17. The number of carbonyl (C=O) groups is 1. The third-order valence-electron chi connectivity index (χ3n) is 2.51. The van der Waals surface area contributed by atoms with Gasteiger partial charge in [-0.05, 0) is 18.7 Å². The maximum absolute atomic E-state index is 11.9. The fourth-order valence-electron chi connectivity index (χ4n) is 1.73. The first kappa shape index (κ1) is 12.2. The number of ketones is 1. The lowest BCUT2D eigenvalue weighted by molar-refractivity contribution is 0.0981. The molecule has 0 amide bonds. The van der Waals surface area contributed by atoms with E-state index in [1.807, 2.05) is 0 Å². The minimum absolute atomic E-state index is 0.111. The molecule has 1 heterocycles. The molecule has 0 saturated carbocycles. The van der Waals surface area contributed by atoms with Crippen LogP contribution in [0.2, 0.25) is 5.02 Å². The summed E-state index contributed by atoms with van der Waals surface area (Å²) in [5.74, 6) is 0.917. The summed E-state index contributed by atoms with van der Waals surface area (Å²) in [6, 6.07) is 3.38. The zero-order chi connectivity index (χ0) is 12.3. The lowest BCUT2D eigenvalue weighted by Gasteiger charge is -2.12. The summed E-state index contributed by atoms with van der Waals surface area (Å²) in [7, 11) is 0. The first-order chi connectivity index (χ1) is 8.24. The molecular formula is C12H14ClNO3. The molecule has 1 aliphatic heterocycles. The molecule has 17 heavy (non-hydrogen) atoms. The molecule has 2 N–H and O–H groups in total. The van der Waals surface area contributed by atoms with Gasteiger partial charge in [-0.1, -0.05) is 11.6 Å². The molecule has 0 saturated heterocycles. The molecule has 1 aliphatic rings. The molecule has 92 valence electrons. The standard InChI is InChI=1S/C12H14ClNO3/c13-8-2-3-10-12(17-7-1-6-16-10)11(8)9(15)4-5-14/h2-3H,1,4-7,14H2. The molecule has 0 aliphatic carbocycles. The second-order valence-electron chi connectivity index (χ2n) is 3.76. The molecule has 0 bridgehead atoms. The van der Waals surface area contributed by atoms with E-state index in [9.17, 15) is 4.79 Å². The average Bonchev–Trinajstić information content (AvgIpc) is 2.54. The smallest absolute Gasteiger partial charge is 0.173 e. The van der Waals surface area contributed by atoms with Crippen LogP contribution in [0.3, 0.4) is 0 Å². The van der Waals surface area contributed by atoms with Gasteiger partial charge in [-0.25, -0.2) is 0 Å².